The van der Waals surface area contributed by atoms with Gasteiger partial charge in [0.25, 0.3) is 5.91 Å². The van der Waals surface area contributed by atoms with Crippen molar-refractivity contribution in [2.45, 2.75) is 6.92 Å². The molecule has 6 nitrogen and oxygen atoms in total. The Hall–Kier alpha value is -3.71. The lowest BCUT2D eigenvalue weighted by Crippen LogP contribution is -2.13. The molecular weight excluding hydrogens is 382 g/mol. The zero-order valence-corrected chi connectivity index (χ0v) is 16.4. The molecule has 142 valence electrons. The highest BCUT2D eigenvalue weighted by molar-refractivity contribution is 7.15. The van der Waals surface area contributed by atoms with Gasteiger partial charge < -0.3 is 5.32 Å². The van der Waals surface area contributed by atoms with E-state index in [0.717, 1.165) is 33.3 Å². The number of fused-ring (bicyclic) bond motifs is 1. The Morgan fingerprint density at radius 1 is 1.10 bits per heavy atom. The van der Waals surface area contributed by atoms with E-state index in [0.29, 0.717) is 5.56 Å². The average molecular weight is 399 g/mol. The first-order valence-corrected chi connectivity index (χ1v) is 10.0. The van der Waals surface area contributed by atoms with Crippen LogP contribution in [0.3, 0.4) is 0 Å². The van der Waals surface area contributed by atoms with Crippen molar-refractivity contribution in [2.75, 3.05) is 5.32 Å². The Labute approximate surface area is 171 Å². The number of imidazole rings is 1. The summed E-state index contributed by atoms with van der Waals surface area (Å²) in [6, 6.07) is 17.5. The van der Waals surface area contributed by atoms with E-state index in [1.54, 1.807) is 22.2 Å². The largest absolute Gasteiger partial charge is 0.322 e. The normalized spacial score (nSPS) is 11.1. The number of amides is 1. The fraction of sp³-hybridized carbons (Fsp3) is 0.0455. The zero-order chi connectivity index (χ0) is 19.8. The lowest BCUT2D eigenvalue weighted by atomic mass is 10.1. The number of anilines is 1. The number of para-hydroxylation sites is 1. The maximum absolute atomic E-state index is 12.8. The first-order valence-electron chi connectivity index (χ1n) is 9.13. The molecule has 7 heteroatoms. The average Bonchev–Trinajstić information content (AvgIpc) is 3.43. The molecule has 5 rings (SSSR count). The van der Waals surface area contributed by atoms with Crippen LogP contribution in [-0.4, -0.2) is 25.1 Å². The van der Waals surface area contributed by atoms with E-state index in [2.05, 4.69) is 15.4 Å². The molecule has 1 N–H and O–H groups in total. The number of nitrogens with one attached hydrogen (secondary N) is 1. The van der Waals surface area contributed by atoms with Crippen LogP contribution in [0.5, 0.6) is 0 Å². The third-order valence-corrected chi connectivity index (χ3v) is 5.54. The maximum Gasteiger partial charge on any atom is 0.259 e. The van der Waals surface area contributed by atoms with Crippen molar-refractivity contribution < 1.29 is 4.79 Å². The third kappa shape index (κ3) is 3.21. The van der Waals surface area contributed by atoms with E-state index in [9.17, 15) is 4.79 Å². The quantitative estimate of drug-likeness (QED) is 0.472. The minimum atomic E-state index is -0.187. The lowest BCUT2D eigenvalue weighted by molar-refractivity contribution is 0.102. The van der Waals surface area contributed by atoms with Gasteiger partial charge in [-0.25, -0.2) is 9.67 Å². The van der Waals surface area contributed by atoms with E-state index in [1.165, 1.54) is 0 Å². The number of hydrogen-bond donors (Lipinski definition) is 1. The number of thiazole rings is 1. The van der Waals surface area contributed by atoms with E-state index in [4.69, 9.17) is 0 Å². The van der Waals surface area contributed by atoms with Gasteiger partial charge in [-0.1, -0.05) is 30.3 Å². The maximum atomic E-state index is 12.8. The predicted molar refractivity (Wildman–Crippen MR) is 115 cm³/mol. The molecule has 0 fully saturated rings. The van der Waals surface area contributed by atoms with E-state index in [-0.39, 0.29) is 5.91 Å². The van der Waals surface area contributed by atoms with Crippen LogP contribution in [0.15, 0.2) is 78.6 Å². The summed E-state index contributed by atoms with van der Waals surface area (Å²) in [6.45, 7) is 1.89. The predicted octanol–water partition coefficient (Wildman–Crippen LogP) is 4.81. The second-order valence-corrected chi connectivity index (χ2v) is 7.52. The van der Waals surface area contributed by atoms with Crippen LogP contribution < -0.4 is 5.32 Å². The Kier molecular flexibility index (Phi) is 4.22. The van der Waals surface area contributed by atoms with Gasteiger partial charge in [0.05, 0.1) is 28.8 Å². The Balaban J connectivity index is 1.40. The zero-order valence-electron chi connectivity index (χ0n) is 15.6. The van der Waals surface area contributed by atoms with Crippen molar-refractivity contribution in [2.24, 2.45) is 0 Å². The van der Waals surface area contributed by atoms with Gasteiger partial charge in [0, 0.05) is 29.0 Å². The standard InChI is InChI=1S/C22H17N5OS/c1-15-19(13-23-27(15)18-8-3-2-4-9-18)21(28)24-17-7-5-6-16(12-17)20-14-26-10-11-29-22(26)25-20/h2-14H,1H3,(H,24,28). The minimum absolute atomic E-state index is 0.187. The summed E-state index contributed by atoms with van der Waals surface area (Å²) in [5.41, 5.74) is 4.80. The molecule has 0 atom stereocenters. The summed E-state index contributed by atoms with van der Waals surface area (Å²) < 4.78 is 3.76. The topological polar surface area (TPSA) is 64.2 Å². The van der Waals surface area contributed by atoms with E-state index in [1.807, 2.05) is 83.7 Å². The summed E-state index contributed by atoms with van der Waals surface area (Å²) in [6.07, 6.45) is 5.57. The van der Waals surface area contributed by atoms with Crippen molar-refractivity contribution in [3.05, 3.63) is 89.8 Å². The Bertz CT molecular complexity index is 1290. The van der Waals surface area contributed by atoms with Crippen LogP contribution in [0.25, 0.3) is 21.9 Å². The lowest BCUT2D eigenvalue weighted by Gasteiger charge is -2.07. The van der Waals surface area contributed by atoms with Crippen LogP contribution in [0.1, 0.15) is 16.1 Å². The van der Waals surface area contributed by atoms with E-state index >= 15 is 0 Å². The van der Waals surface area contributed by atoms with Gasteiger partial charge >= 0.3 is 0 Å². The third-order valence-electron chi connectivity index (χ3n) is 4.76. The van der Waals surface area contributed by atoms with Crippen LogP contribution in [-0.2, 0) is 0 Å². The number of aromatic nitrogens is 4. The molecule has 0 spiro atoms. The first-order chi connectivity index (χ1) is 14.2. The van der Waals surface area contributed by atoms with Crippen molar-refractivity contribution in [3.8, 4) is 16.9 Å². The molecule has 29 heavy (non-hydrogen) atoms. The molecule has 0 aliphatic carbocycles. The second kappa shape index (κ2) is 7.03. The molecule has 0 aliphatic rings. The molecule has 0 bridgehead atoms. The van der Waals surface area contributed by atoms with Crippen LogP contribution in [0.2, 0.25) is 0 Å². The van der Waals surface area contributed by atoms with Gasteiger partial charge in [0.15, 0.2) is 4.96 Å². The van der Waals surface area contributed by atoms with Gasteiger partial charge in [0.2, 0.25) is 0 Å². The van der Waals surface area contributed by atoms with Gasteiger partial charge in [-0.2, -0.15) is 5.10 Å². The highest BCUT2D eigenvalue weighted by Crippen LogP contribution is 2.24. The monoisotopic (exact) mass is 399 g/mol. The van der Waals surface area contributed by atoms with Gasteiger partial charge in [-0.15, -0.1) is 11.3 Å². The number of benzene rings is 2. The summed E-state index contributed by atoms with van der Waals surface area (Å²) in [7, 11) is 0. The van der Waals surface area contributed by atoms with Crippen molar-refractivity contribution in [1.82, 2.24) is 19.2 Å². The first kappa shape index (κ1) is 17.4. The summed E-state index contributed by atoms with van der Waals surface area (Å²) in [4.78, 5) is 18.4. The Morgan fingerprint density at radius 2 is 1.97 bits per heavy atom. The van der Waals surface area contributed by atoms with Crippen LogP contribution in [0, 0.1) is 6.92 Å². The second-order valence-electron chi connectivity index (χ2n) is 6.64. The highest BCUT2D eigenvalue weighted by atomic mass is 32.1. The van der Waals surface area contributed by atoms with E-state index < -0.39 is 0 Å². The summed E-state index contributed by atoms with van der Waals surface area (Å²) in [5.74, 6) is -0.187. The molecule has 0 radical (unpaired) electrons. The molecular formula is C22H17N5OS. The highest BCUT2D eigenvalue weighted by Gasteiger charge is 2.16. The van der Waals surface area contributed by atoms with Crippen molar-refractivity contribution in [3.63, 3.8) is 0 Å². The fourth-order valence-electron chi connectivity index (χ4n) is 3.28. The number of rotatable bonds is 4. The molecule has 0 saturated carbocycles. The van der Waals surface area contributed by atoms with Crippen molar-refractivity contribution >= 4 is 27.9 Å². The van der Waals surface area contributed by atoms with Gasteiger partial charge in [-0.3, -0.25) is 9.20 Å². The summed E-state index contributed by atoms with van der Waals surface area (Å²) in [5, 5.41) is 9.35. The molecule has 3 heterocycles. The number of carbonyl (C=O) groups excluding carboxylic acids is 1. The number of hydrogen-bond acceptors (Lipinski definition) is 4. The molecule has 0 unspecified atom stereocenters. The van der Waals surface area contributed by atoms with Crippen molar-refractivity contribution in [1.29, 1.82) is 0 Å². The SMILES string of the molecule is Cc1c(C(=O)Nc2cccc(-c3cn4ccsc4n3)c2)cnn1-c1ccccc1. The van der Waals surface area contributed by atoms with Gasteiger partial charge in [0.1, 0.15) is 0 Å². The molecule has 0 saturated heterocycles. The van der Waals surface area contributed by atoms with Crippen LogP contribution >= 0.6 is 11.3 Å². The number of nitrogens with zero attached hydrogens (tertiary/aromatic N) is 4. The minimum Gasteiger partial charge on any atom is -0.322 e. The Morgan fingerprint density at radius 3 is 2.79 bits per heavy atom. The molecule has 2 aromatic carbocycles. The molecule has 1 amide bonds. The summed E-state index contributed by atoms with van der Waals surface area (Å²) >= 11 is 1.59. The number of carbonyl (C=O) groups is 1. The fourth-order valence-corrected chi connectivity index (χ4v) is 3.98. The molecule has 3 aromatic heterocycles. The smallest absolute Gasteiger partial charge is 0.259 e. The van der Waals surface area contributed by atoms with Crippen LogP contribution in [0.4, 0.5) is 5.69 Å². The molecule has 5 aromatic rings. The van der Waals surface area contributed by atoms with Gasteiger partial charge in [-0.05, 0) is 31.2 Å². The molecule has 0 aliphatic heterocycles.